The molecule has 1 N–H and O–H groups in total. The fourth-order valence-corrected chi connectivity index (χ4v) is 4.96. The highest BCUT2D eigenvalue weighted by molar-refractivity contribution is 7.12. The Kier molecular flexibility index (Phi) is 6.89. The number of nitrogens with zero attached hydrogens (tertiary/aromatic N) is 2. The van der Waals surface area contributed by atoms with Gasteiger partial charge in [0.1, 0.15) is 0 Å². The molecule has 7 heteroatoms. The molecule has 1 saturated heterocycles. The fraction of sp³-hybridized carbons (Fsp3) is 0.240. The van der Waals surface area contributed by atoms with Crippen molar-refractivity contribution in [2.45, 2.75) is 18.8 Å². The van der Waals surface area contributed by atoms with Gasteiger partial charge < -0.3 is 10.2 Å². The number of rotatable bonds is 5. The molecule has 0 bridgehead atoms. The molecule has 0 saturated carbocycles. The summed E-state index contributed by atoms with van der Waals surface area (Å²) in [5.74, 6) is -0.906. The van der Waals surface area contributed by atoms with Crippen LogP contribution in [0.1, 0.15) is 39.6 Å². The second-order valence-corrected chi connectivity index (χ2v) is 9.12. The summed E-state index contributed by atoms with van der Waals surface area (Å²) in [6.45, 7) is 1.06. The van der Waals surface area contributed by atoms with Gasteiger partial charge in [-0.05, 0) is 47.5 Å². The van der Waals surface area contributed by atoms with Gasteiger partial charge in [-0.2, -0.15) is 5.26 Å². The molecule has 3 aromatic rings. The average molecular weight is 464 g/mol. The Morgan fingerprint density at radius 3 is 2.66 bits per heavy atom. The Hall–Kier alpha value is -3.14. The number of piperidine rings is 1. The molecule has 1 aliphatic rings. The molecule has 5 nitrogen and oxygen atoms in total. The first-order valence-electron chi connectivity index (χ1n) is 10.4. The first-order valence-corrected chi connectivity index (χ1v) is 11.7. The van der Waals surface area contributed by atoms with Gasteiger partial charge in [0.15, 0.2) is 0 Å². The van der Waals surface area contributed by atoms with E-state index in [2.05, 4.69) is 11.4 Å². The average Bonchev–Trinajstić information content (AvgIpc) is 3.36. The number of hydrogen-bond acceptors (Lipinski definition) is 4. The summed E-state index contributed by atoms with van der Waals surface area (Å²) in [4.78, 5) is 28.0. The van der Waals surface area contributed by atoms with E-state index in [9.17, 15) is 14.9 Å². The monoisotopic (exact) mass is 463 g/mol. The lowest BCUT2D eigenvalue weighted by Gasteiger charge is -2.31. The second kappa shape index (κ2) is 9.99. The van der Waals surface area contributed by atoms with E-state index in [1.807, 2.05) is 47.8 Å². The van der Waals surface area contributed by atoms with Crippen LogP contribution in [-0.2, 0) is 4.79 Å². The van der Waals surface area contributed by atoms with E-state index in [-0.39, 0.29) is 17.7 Å². The molecule has 2 amide bonds. The Morgan fingerprint density at radius 2 is 1.97 bits per heavy atom. The Bertz CT molecular complexity index is 1140. The highest BCUT2D eigenvalue weighted by Crippen LogP contribution is 2.32. The number of anilines is 1. The molecule has 1 fully saturated rings. The summed E-state index contributed by atoms with van der Waals surface area (Å²) < 4.78 is 0. The number of benzene rings is 2. The molecule has 0 spiro atoms. The predicted molar refractivity (Wildman–Crippen MR) is 127 cm³/mol. The van der Waals surface area contributed by atoms with Gasteiger partial charge in [-0.15, -0.1) is 11.3 Å². The minimum absolute atomic E-state index is 0.0200. The molecule has 1 aliphatic heterocycles. The zero-order valence-electron chi connectivity index (χ0n) is 17.3. The maximum absolute atomic E-state index is 12.9. The van der Waals surface area contributed by atoms with Crippen molar-refractivity contribution in [3.05, 3.63) is 87.1 Å². The lowest BCUT2D eigenvalue weighted by molar-refractivity contribution is -0.121. The molecule has 0 aliphatic carbocycles. The van der Waals surface area contributed by atoms with Gasteiger partial charge in [-0.25, -0.2) is 0 Å². The number of carbonyl (C=O) groups excluding carboxylic acids is 2. The van der Waals surface area contributed by atoms with E-state index in [4.69, 9.17) is 11.6 Å². The van der Waals surface area contributed by atoms with E-state index in [1.165, 1.54) is 11.3 Å². The minimum Gasteiger partial charge on any atom is -0.337 e. The highest BCUT2D eigenvalue weighted by atomic mass is 35.5. The largest absolute Gasteiger partial charge is 0.337 e. The minimum atomic E-state index is -0.483. The third kappa shape index (κ3) is 4.85. The van der Waals surface area contributed by atoms with Crippen molar-refractivity contribution in [2.75, 3.05) is 18.4 Å². The van der Waals surface area contributed by atoms with Crippen molar-refractivity contribution in [3.8, 4) is 6.07 Å². The third-order valence-electron chi connectivity index (χ3n) is 5.65. The van der Waals surface area contributed by atoms with Gasteiger partial charge >= 0.3 is 0 Å². The molecule has 4 rings (SSSR count). The molecule has 32 heavy (non-hydrogen) atoms. The molecule has 2 unspecified atom stereocenters. The molecular formula is C25H22ClN3O2S. The normalized spacial score (nSPS) is 16.8. The van der Waals surface area contributed by atoms with Crippen molar-refractivity contribution >= 4 is 40.4 Å². The second-order valence-electron chi connectivity index (χ2n) is 7.77. The number of nitriles is 1. The van der Waals surface area contributed by atoms with Crippen LogP contribution in [0.15, 0.2) is 66.0 Å². The van der Waals surface area contributed by atoms with Crippen molar-refractivity contribution in [3.63, 3.8) is 0 Å². The smallest absolute Gasteiger partial charge is 0.263 e. The lowest BCUT2D eigenvalue weighted by atomic mass is 9.92. The van der Waals surface area contributed by atoms with Gasteiger partial charge in [0.05, 0.1) is 22.8 Å². The zero-order chi connectivity index (χ0) is 22.5. The summed E-state index contributed by atoms with van der Waals surface area (Å²) >= 11 is 7.90. The van der Waals surface area contributed by atoms with E-state index < -0.39 is 5.92 Å². The molecule has 162 valence electrons. The first-order chi connectivity index (χ1) is 15.6. The summed E-state index contributed by atoms with van der Waals surface area (Å²) in [7, 11) is 0. The number of hydrogen-bond donors (Lipinski definition) is 1. The van der Waals surface area contributed by atoms with Crippen molar-refractivity contribution in [1.29, 1.82) is 5.26 Å². The van der Waals surface area contributed by atoms with Crippen LogP contribution in [-0.4, -0.2) is 29.8 Å². The lowest BCUT2D eigenvalue weighted by Crippen LogP contribution is -2.43. The Morgan fingerprint density at radius 1 is 1.16 bits per heavy atom. The SMILES string of the molecule is N#CC(c1ccccc1)c1ccc(NC(=O)C2CCCN(C(=O)c3cccs3)C2)cc1Cl. The Balaban J connectivity index is 1.44. The number of nitrogens with one attached hydrogen (secondary N) is 1. The van der Waals surface area contributed by atoms with Crippen LogP contribution in [0.4, 0.5) is 5.69 Å². The van der Waals surface area contributed by atoms with Gasteiger partial charge in [0.25, 0.3) is 5.91 Å². The van der Waals surface area contributed by atoms with Crippen LogP contribution in [0, 0.1) is 17.2 Å². The fourth-order valence-electron chi connectivity index (χ4n) is 3.98. The molecule has 0 radical (unpaired) electrons. The third-order valence-corrected chi connectivity index (χ3v) is 6.84. The van der Waals surface area contributed by atoms with Crippen LogP contribution in [0.2, 0.25) is 5.02 Å². The van der Waals surface area contributed by atoms with Gasteiger partial charge in [-0.1, -0.05) is 54.1 Å². The summed E-state index contributed by atoms with van der Waals surface area (Å²) in [6, 6.07) is 20.7. The van der Waals surface area contributed by atoms with Gasteiger partial charge in [0, 0.05) is 23.8 Å². The van der Waals surface area contributed by atoms with E-state index in [1.54, 1.807) is 23.1 Å². The number of halogens is 1. The number of likely N-dealkylation sites (tertiary alicyclic amines) is 1. The quantitative estimate of drug-likeness (QED) is 0.539. The molecule has 2 atom stereocenters. The maximum atomic E-state index is 12.9. The van der Waals surface area contributed by atoms with Crippen LogP contribution in [0.3, 0.4) is 0 Å². The topological polar surface area (TPSA) is 73.2 Å². The summed E-state index contributed by atoms with van der Waals surface area (Å²) in [5.41, 5.74) is 2.14. The summed E-state index contributed by atoms with van der Waals surface area (Å²) in [6.07, 6.45) is 1.52. The molecule has 2 heterocycles. The number of thiophene rings is 1. The standard InChI is InChI=1S/C25H22ClN3O2S/c26-22-14-19(10-11-20(22)21(15-27)17-6-2-1-3-7-17)28-24(30)18-8-4-12-29(16-18)25(31)23-9-5-13-32-23/h1-3,5-7,9-11,13-14,18,21H,4,8,12,16H2,(H,28,30). The van der Waals surface area contributed by atoms with Gasteiger partial charge in [-0.3, -0.25) is 9.59 Å². The van der Waals surface area contributed by atoms with E-state index >= 15 is 0 Å². The van der Waals surface area contributed by atoms with Crippen LogP contribution in [0.25, 0.3) is 0 Å². The van der Waals surface area contributed by atoms with E-state index in [0.717, 1.165) is 18.4 Å². The number of carbonyl (C=O) groups is 2. The highest BCUT2D eigenvalue weighted by Gasteiger charge is 2.29. The summed E-state index contributed by atoms with van der Waals surface area (Å²) in [5, 5.41) is 14.9. The zero-order valence-corrected chi connectivity index (χ0v) is 18.9. The van der Waals surface area contributed by atoms with Crippen LogP contribution in [0.5, 0.6) is 0 Å². The van der Waals surface area contributed by atoms with Crippen LogP contribution >= 0.6 is 22.9 Å². The predicted octanol–water partition coefficient (Wildman–Crippen LogP) is 5.55. The van der Waals surface area contributed by atoms with Crippen molar-refractivity contribution in [2.24, 2.45) is 5.92 Å². The Labute approximate surface area is 196 Å². The van der Waals surface area contributed by atoms with Crippen LogP contribution < -0.4 is 5.32 Å². The maximum Gasteiger partial charge on any atom is 0.263 e. The van der Waals surface area contributed by atoms with Crippen molar-refractivity contribution in [1.82, 2.24) is 4.90 Å². The van der Waals surface area contributed by atoms with Gasteiger partial charge in [0.2, 0.25) is 5.91 Å². The number of amides is 2. The molecular weight excluding hydrogens is 442 g/mol. The van der Waals surface area contributed by atoms with E-state index in [0.29, 0.717) is 34.2 Å². The molecule has 1 aromatic heterocycles. The molecule has 2 aromatic carbocycles. The van der Waals surface area contributed by atoms with Crippen molar-refractivity contribution < 1.29 is 9.59 Å². The first kappa shape index (κ1) is 22.1.